The molecule has 0 radical (unpaired) electrons. The smallest absolute Gasteiger partial charge is 0.219 e. The number of nitriles is 1. The summed E-state index contributed by atoms with van der Waals surface area (Å²) in [6, 6.07) is 3.67. The summed E-state index contributed by atoms with van der Waals surface area (Å²) < 4.78 is 0. The van der Waals surface area contributed by atoms with Gasteiger partial charge in [0.15, 0.2) is 0 Å². The highest BCUT2D eigenvalue weighted by Crippen LogP contribution is 2.11. The van der Waals surface area contributed by atoms with E-state index in [1.54, 1.807) is 12.3 Å². The molecule has 0 aromatic carbocycles. The molecule has 5 nitrogen and oxygen atoms in total. The Kier molecular flexibility index (Phi) is 3.44. The van der Waals surface area contributed by atoms with Gasteiger partial charge in [-0.25, -0.2) is 0 Å². The van der Waals surface area contributed by atoms with Crippen molar-refractivity contribution in [1.82, 2.24) is 4.98 Å². The highest BCUT2D eigenvalue weighted by molar-refractivity contribution is 5.74. The van der Waals surface area contributed by atoms with Crippen molar-refractivity contribution in [2.24, 2.45) is 5.73 Å². The maximum absolute atomic E-state index is 10.4. The summed E-state index contributed by atoms with van der Waals surface area (Å²) in [6.07, 6.45) is 3.28. The number of pyridine rings is 1. The van der Waals surface area contributed by atoms with Crippen molar-refractivity contribution in [2.45, 2.75) is 6.42 Å². The number of nitrogens with zero attached hydrogens (tertiary/aromatic N) is 2. The molecule has 0 saturated carbocycles. The topological polar surface area (TPSA) is 91.8 Å². The number of nitrogens with two attached hydrogens (primary N) is 1. The summed E-state index contributed by atoms with van der Waals surface area (Å²) in [5.41, 5.74) is 6.10. The van der Waals surface area contributed by atoms with E-state index >= 15 is 0 Å². The van der Waals surface area contributed by atoms with Crippen molar-refractivity contribution in [2.75, 3.05) is 11.9 Å². The van der Waals surface area contributed by atoms with Gasteiger partial charge in [0, 0.05) is 25.4 Å². The van der Waals surface area contributed by atoms with Crippen molar-refractivity contribution in [3.63, 3.8) is 0 Å². The minimum Gasteiger partial charge on any atom is -0.383 e. The third-order valence-electron chi connectivity index (χ3n) is 1.63. The van der Waals surface area contributed by atoms with Gasteiger partial charge < -0.3 is 11.1 Å². The molecule has 5 heteroatoms. The van der Waals surface area contributed by atoms with Crippen LogP contribution < -0.4 is 11.1 Å². The molecule has 14 heavy (non-hydrogen) atoms. The van der Waals surface area contributed by atoms with Gasteiger partial charge in [-0.15, -0.1) is 0 Å². The number of aromatic nitrogens is 1. The molecule has 0 aliphatic carbocycles. The van der Waals surface area contributed by atoms with E-state index in [2.05, 4.69) is 10.3 Å². The third kappa shape index (κ3) is 2.75. The van der Waals surface area contributed by atoms with Gasteiger partial charge >= 0.3 is 0 Å². The van der Waals surface area contributed by atoms with Crippen LogP contribution in [0.3, 0.4) is 0 Å². The zero-order valence-electron chi connectivity index (χ0n) is 7.53. The highest BCUT2D eigenvalue weighted by atomic mass is 16.1. The predicted octanol–water partition coefficient (Wildman–Crippen LogP) is 0.241. The summed E-state index contributed by atoms with van der Waals surface area (Å²) in [5.74, 6) is -0.370. The molecule has 0 bridgehead atoms. The molecule has 0 spiro atoms. The van der Waals surface area contributed by atoms with E-state index in [9.17, 15) is 4.79 Å². The van der Waals surface area contributed by atoms with Crippen molar-refractivity contribution in [3.05, 3.63) is 24.0 Å². The second-order valence-electron chi connectivity index (χ2n) is 2.68. The monoisotopic (exact) mass is 190 g/mol. The lowest BCUT2D eigenvalue weighted by Gasteiger charge is -2.05. The van der Waals surface area contributed by atoms with Gasteiger partial charge in [0.2, 0.25) is 5.91 Å². The molecule has 0 atom stereocenters. The molecule has 0 saturated heterocycles. The second kappa shape index (κ2) is 4.82. The lowest BCUT2D eigenvalue weighted by molar-refractivity contribution is -0.117. The molecule has 0 aliphatic heterocycles. The van der Waals surface area contributed by atoms with Crippen LogP contribution in [0, 0.1) is 11.3 Å². The largest absolute Gasteiger partial charge is 0.383 e. The number of carbonyl (C=O) groups is 1. The Morgan fingerprint density at radius 3 is 3.14 bits per heavy atom. The van der Waals surface area contributed by atoms with Crippen molar-refractivity contribution in [3.8, 4) is 6.07 Å². The number of rotatable bonds is 4. The summed E-state index contributed by atoms with van der Waals surface area (Å²) in [5, 5.41) is 11.6. The predicted molar refractivity (Wildman–Crippen MR) is 51.3 cm³/mol. The number of nitrogens with one attached hydrogen (secondary N) is 1. The van der Waals surface area contributed by atoms with Crippen molar-refractivity contribution in [1.29, 1.82) is 5.26 Å². The summed E-state index contributed by atoms with van der Waals surface area (Å²) >= 11 is 0. The van der Waals surface area contributed by atoms with E-state index in [-0.39, 0.29) is 12.3 Å². The fourth-order valence-electron chi connectivity index (χ4n) is 0.958. The van der Waals surface area contributed by atoms with E-state index in [4.69, 9.17) is 11.0 Å². The molecule has 0 unspecified atom stereocenters. The van der Waals surface area contributed by atoms with Gasteiger partial charge in [0.05, 0.1) is 11.3 Å². The average Bonchev–Trinajstić information content (AvgIpc) is 2.18. The molecule has 1 aromatic heterocycles. The first-order valence-corrected chi connectivity index (χ1v) is 4.10. The molecule has 0 aliphatic rings. The first-order chi connectivity index (χ1) is 6.74. The third-order valence-corrected chi connectivity index (χ3v) is 1.63. The maximum Gasteiger partial charge on any atom is 0.219 e. The summed E-state index contributed by atoms with van der Waals surface area (Å²) in [4.78, 5) is 14.3. The van der Waals surface area contributed by atoms with Gasteiger partial charge in [-0.2, -0.15) is 5.26 Å². The Balaban J connectivity index is 2.59. The van der Waals surface area contributed by atoms with E-state index < -0.39 is 0 Å². The van der Waals surface area contributed by atoms with Crippen molar-refractivity contribution < 1.29 is 4.79 Å². The SMILES string of the molecule is N#Cc1cnccc1NCCC(N)=O. The first-order valence-electron chi connectivity index (χ1n) is 4.10. The maximum atomic E-state index is 10.4. The first kappa shape index (κ1) is 9.99. The minimum atomic E-state index is -0.370. The molecular weight excluding hydrogens is 180 g/mol. The molecule has 72 valence electrons. The van der Waals surface area contributed by atoms with Crippen LogP contribution in [-0.2, 0) is 4.79 Å². The number of hydrogen-bond donors (Lipinski definition) is 2. The number of hydrogen-bond acceptors (Lipinski definition) is 4. The Morgan fingerprint density at radius 2 is 2.50 bits per heavy atom. The van der Waals surface area contributed by atoms with Gasteiger partial charge in [-0.1, -0.05) is 0 Å². The van der Waals surface area contributed by atoms with Crippen LogP contribution in [0.1, 0.15) is 12.0 Å². The molecule has 1 rings (SSSR count). The van der Waals surface area contributed by atoms with Crippen LogP contribution in [0.25, 0.3) is 0 Å². The van der Waals surface area contributed by atoms with Gasteiger partial charge in [0.25, 0.3) is 0 Å². The minimum absolute atomic E-state index is 0.243. The van der Waals surface area contributed by atoms with Crippen LogP contribution in [0.5, 0.6) is 0 Å². The van der Waals surface area contributed by atoms with Crippen molar-refractivity contribution >= 4 is 11.6 Å². The summed E-state index contributed by atoms with van der Waals surface area (Å²) in [7, 11) is 0. The Hall–Kier alpha value is -2.09. The van der Waals surface area contributed by atoms with Crippen LogP contribution in [0.2, 0.25) is 0 Å². The van der Waals surface area contributed by atoms with E-state index in [1.165, 1.54) is 6.20 Å². The van der Waals surface area contributed by atoms with Crippen LogP contribution in [0.4, 0.5) is 5.69 Å². The van der Waals surface area contributed by atoms with Crippen LogP contribution in [0.15, 0.2) is 18.5 Å². The zero-order valence-corrected chi connectivity index (χ0v) is 7.53. The molecule has 1 amide bonds. The lowest BCUT2D eigenvalue weighted by Crippen LogP contribution is -2.16. The molecule has 3 N–H and O–H groups in total. The second-order valence-corrected chi connectivity index (χ2v) is 2.68. The van der Waals surface area contributed by atoms with Crippen LogP contribution in [-0.4, -0.2) is 17.4 Å². The average molecular weight is 190 g/mol. The lowest BCUT2D eigenvalue weighted by atomic mass is 10.2. The Morgan fingerprint density at radius 1 is 1.71 bits per heavy atom. The standard InChI is InChI=1S/C9H10N4O/c10-5-7-6-12-3-1-8(7)13-4-2-9(11)14/h1,3,6H,2,4H2,(H2,11,14)(H,12,13). The van der Waals surface area contributed by atoms with Gasteiger partial charge in [-0.3, -0.25) is 9.78 Å². The zero-order chi connectivity index (χ0) is 10.4. The normalized spacial score (nSPS) is 9.07. The number of anilines is 1. The van der Waals surface area contributed by atoms with E-state index in [0.717, 1.165) is 0 Å². The van der Waals surface area contributed by atoms with Crippen LogP contribution >= 0.6 is 0 Å². The molecular formula is C9H10N4O. The molecule has 1 heterocycles. The van der Waals surface area contributed by atoms with E-state index in [1.807, 2.05) is 6.07 Å². The number of primary amides is 1. The number of carbonyl (C=O) groups excluding carboxylic acids is 1. The Bertz CT molecular complexity index is 369. The molecule has 0 fully saturated rings. The summed E-state index contributed by atoms with van der Waals surface area (Å²) in [6.45, 7) is 0.425. The highest BCUT2D eigenvalue weighted by Gasteiger charge is 2.00. The van der Waals surface area contributed by atoms with E-state index in [0.29, 0.717) is 17.8 Å². The quantitative estimate of drug-likeness (QED) is 0.711. The Labute approximate surface area is 81.6 Å². The fourth-order valence-corrected chi connectivity index (χ4v) is 0.958. The number of amides is 1. The molecule has 1 aromatic rings. The van der Waals surface area contributed by atoms with Gasteiger partial charge in [-0.05, 0) is 6.07 Å². The fraction of sp³-hybridized carbons (Fsp3) is 0.222. The van der Waals surface area contributed by atoms with Gasteiger partial charge in [0.1, 0.15) is 6.07 Å².